The van der Waals surface area contributed by atoms with Gasteiger partial charge in [-0.25, -0.2) is 9.97 Å². The average molecular weight is 391 g/mol. The van der Waals surface area contributed by atoms with Gasteiger partial charge < -0.3 is 9.42 Å². The van der Waals surface area contributed by atoms with Crippen LogP contribution in [0.5, 0.6) is 0 Å². The van der Waals surface area contributed by atoms with Gasteiger partial charge in [0.25, 0.3) is 5.91 Å². The third-order valence-electron chi connectivity index (χ3n) is 5.53. The van der Waals surface area contributed by atoms with Crippen molar-refractivity contribution in [2.24, 2.45) is 5.92 Å². The molecule has 0 radical (unpaired) electrons. The molecule has 1 fully saturated rings. The maximum absolute atomic E-state index is 12.9. The Labute approximate surface area is 170 Å². The normalized spacial score (nSPS) is 16.8. The summed E-state index contributed by atoms with van der Waals surface area (Å²) >= 11 is 0. The van der Waals surface area contributed by atoms with Crippen LogP contribution in [0.3, 0.4) is 0 Å². The topological polar surface area (TPSA) is 85.0 Å². The zero-order valence-corrected chi connectivity index (χ0v) is 17.1. The van der Waals surface area contributed by atoms with E-state index in [0.717, 1.165) is 66.3 Å². The summed E-state index contributed by atoms with van der Waals surface area (Å²) in [5.41, 5.74) is 5.03. The number of piperidine rings is 1. The molecular weight excluding hydrogens is 366 g/mol. The number of amides is 1. The van der Waals surface area contributed by atoms with Crippen molar-refractivity contribution in [1.29, 1.82) is 0 Å². The van der Waals surface area contributed by atoms with E-state index < -0.39 is 0 Å². The van der Waals surface area contributed by atoms with Crippen LogP contribution in [0.15, 0.2) is 35.2 Å². The number of aryl methyl sites for hydroxylation is 3. The van der Waals surface area contributed by atoms with E-state index in [9.17, 15) is 4.79 Å². The van der Waals surface area contributed by atoms with Gasteiger partial charge in [0, 0.05) is 25.0 Å². The van der Waals surface area contributed by atoms with Crippen molar-refractivity contribution >= 4 is 5.91 Å². The SMILES string of the molecule is Cc1cccnc1C(=O)N1CCC[C@H](Cc2cc(-c3c(C)noc3C)ncn2)C1. The van der Waals surface area contributed by atoms with Crippen molar-refractivity contribution in [1.82, 2.24) is 25.0 Å². The first-order chi connectivity index (χ1) is 14.0. The van der Waals surface area contributed by atoms with Crippen LogP contribution in [-0.4, -0.2) is 44.0 Å². The van der Waals surface area contributed by atoms with Gasteiger partial charge in [-0.3, -0.25) is 9.78 Å². The Morgan fingerprint density at radius 1 is 1.24 bits per heavy atom. The zero-order chi connectivity index (χ0) is 20.4. The minimum Gasteiger partial charge on any atom is -0.361 e. The standard InChI is InChI=1S/C22H25N5O2/c1-14-6-4-8-23-21(14)22(28)27-9-5-7-17(12-27)10-18-11-19(25-13-24-18)20-15(2)26-29-16(20)3/h4,6,8,11,13,17H,5,7,9-10,12H2,1-3H3/t17-/m1/s1. The Morgan fingerprint density at radius 2 is 2.10 bits per heavy atom. The zero-order valence-electron chi connectivity index (χ0n) is 17.1. The third kappa shape index (κ3) is 4.04. The number of likely N-dealkylation sites (tertiary alicyclic amines) is 1. The van der Waals surface area contributed by atoms with E-state index in [-0.39, 0.29) is 5.91 Å². The average Bonchev–Trinajstić information content (AvgIpc) is 3.06. The maximum atomic E-state index is 12.9. The van der Waals surface area contributed by atoms with E-state index in [0.29, 0.717) is 11.6 Å². The second-order valence-corrected chi connectivity index (χ2v) is 7.73. The molecule has 4 rings (SSSR count). The number of hydrogen-bond donors (Lipinski definition) is 0. The maximum Gasteiger partial charge on any atom is 0.272 e. The fourth-order valence-corrected chi connectivity index (χ4v) is 4.07. The summed E-state index contributed by atoms with van der Waals surface area (Å²) in [6, 6.07) is 5.80. The van der Waals surface area contributed by atoms with Crippen LogP contribution in [0, 0.1) is 26.7 Å². The summed E-state index contributed by atoms with van der Waals surface area (Å²) < 4.78 is 5.27. The van der Waals surface area contributed by atoms with E-state index in [1.807, 2.05) is 43.9 Å². The van der Waals surface area contributed by atoms with Gasteiger partial charge in [-0.1, -0.05) is 11.2 Å². The number of pyridine rings is 1. The second-order valence-electron chi connectivity index (χ2n) is 7.73. The molecule has 0 bridgehead atoms. The lowest BCUT2D eigenvalue weighted by Crippen LogP contribution is -2.41. The molecule has 0 aromatic carbocycles. The van der Waals surface area contributed by atoms with Crippen molar-refractivity contribution in [3.05, 3.63) is 59.1 Å². The monoisotopic (exact) mass is 391 g/mol. The number of carbonyl (C=O) groups excluding carboxylic acids is 1. The Balaban J connectivity index is 1.48. The molecule has 7 heteroatoms. The van der Waals surface area contributed by atoms with Crippen LogP contribution in [0.4, 0.5) is 0 Å². The molecule has 1 saturated heterocycles. The van der Waals surface area contributed by atoms with Crippen LogP contribution in [0.1, 0.15) is 46.0 Å². The van der Waals surface area contributed by atoms with Gasteiger partial charge in [0.1, 0.15) is 17.8 Å². The van der Waals surface area contributed by atoms with Gasteiger partial charge in [-0.15, -0.1) is 0 Å². The molecule has 1 aliphatic heterocycles. The molecule has 7 nitrogen and oxygen atoms in total. The van der Waals surface area contributed by atoms with Gasteiger partial charge in [-0.2, -0.15) is 0 Å². The molecule has 4 heterocycles. The van der Waals surface area contributed by atoms with Gasteiger partial charge >= 0.3 is 0 Å². The first kappa shape index (κ1) is 19.2. The summed E-state index contributed by atoms with van der Waals surface area (Å²) in [4.78, 5) is 28.0. The number of nitrogens with zero attached hydrogens (tertiary/aromatic N) is 5. The van der Waals surface area contributed by atoms with E-state index in [2.05, 4.69) is 20.1 Å². The van der Waals surface area contributed by atoms with Crippen molar-refractivity contribution in [3.63, 3.8) is 0 Å². The fraction of sp³-hybridized carbons (Fsp3) is 0.409. The van der Waals surface area contributed by atoms with Gasteiger partial charge in [-0.05, 0) is 63.6 Å². The smallest absolute Gasteiger partial charge is 0.272 e. The molecule has 0 aliphatic carbocycles. The summed E-state index contributed by atoms with van der Waals surface area (Å²) in [6.07, 6.45) is 6.15. The molecule has 0 unspecified atom stereocenters. The van der Waals surface area contributed by atoms with Crippen molar-refractivity contribution in [2.75, 3.05) is 13.1 Å². The van der Waals surface area contributed by atoms with E-state index >= 15 is 0 Å². The molecule has 1 atom stereocenters. The fourth-order valence-electron chi connectivity index (χ4n) is 4.07. The van der Waals surface area contributed by atoms with Crippen LogP contribution in [0.2, 0.25) is 0 Å². The van der Waals surface area contributed by atoms with Crippen LogP contribution < -0.4 is 0 Å². The largest absolute Gasteiger partial charge is 0.361 e. The summed E-state index contributed by atoms with van der Waals surface area (Å²) in [6.45, 7) is 7.23. The Kier molecular flexibility index (Phi) is 5.38. The molecule has 29 heavy (non-hydrogen) atoms. The van der Waals surface area contributed by atoms with Crippen molar-refractivity contribution in [2.45, 2.75) is 40.0 Å². The molecule has 1 amide bonds. The number of hydrogen-bond acceptors (Lipinski definition) is 6. The van der Waals surface area contributed by atoms with Gasteiger partial charge in [0.2, 0.25) is 0 Å². The first-order valence-corrected chi connectivity index (χ1v) is 9.98. The quantitative estimate of drug-likeness (QED) is 0.676. The second kappa shape index (κ2) is 8.11. The molecule has 3 aromatic rings. The number of aromatic nitrogens is 4. The lowest BCUT2D eigenvalue weighted by molar-refractivity contribution is 0.0666. The minimum absolute atomic E-state index is 0.0203. The number of carbonyl (C=O) groups is 1. The Morgan fingerprint density at radius 3 is 2.86 bits per heavy atom. The van der Waals surface area contributed by atoms with Gasteiger partial charge in [0.15, 0.2) is 0 Å². The molecule has 0 N–H and O–H groups in total. The minimum atomic E-state index is 0.0203. The lowest BCUT2D eigenvalue weighted by atomic mass is 9.92. The van der Waals surface area contributed by atoms with E-state index in [1.165, 1.54) is 0 Å². The summed E-state index contributed by atoms with van der Waals surface area (Å²) in [5, 5.41) is 4.02. The third-order valence-corrected chi connectivity index (χ3v) is 5.53. The highest BCUT2D eigenvalue weighted by Gasteiger charge is 2.26. The molecule has 1 aliphatic rings. The van der Waals surface area contributed by atoms with E-state index in [1.54, 1.807) is 12.5 Å². The predicted molar refractivity (Wildman–Crippen MR) is 108 cm³/mol. The number of rotatable bonds is 4. The van der Waals surface area contributed by atoms with E-state index in [4.69, 9.17) is 4.52 Å². The molecule has 0 saturated carbocycles. The highest BCUT2D eigenvalue weighted by molar-refractivity contribution is 5.93. The molecular formula is C22H25N5O2. The van der Waals surface area contributed by atoms with Crippen molar-refractivity contribution < 1.29 is 9.32 Å². The predicted octanol–water partition coefficient (Wildman–Crippen LogP) is 3.55. The van der Waals surface area contributed by atoms with Crippen molar-refractivity contribution in [3.8, 4) is 11.3 Å². The molecule has 150 valence electrons. The lowest BCUT2D eigenvalue weighted by Gasteiger charge is -2.32. The Bertz CT molecular complexity index is 1010. The highest BCUT2D eigenvalue weighted by atomic mass is 16.5. The van der Waals surface area contributed by atoms with Crippen LogP contribution in [0.25, 0.3) is 11.3 Å². The summed E-state index contributed by atoms with van der Waals surface area (Å²) in [7, 11) is 0. The van der Waals surface area contributed by atoms with Crippen LogP contribution in [-0.2, 0) is 6.42 Å². The highest BCUT2D eigenvalue weighted by Crippen LogP contribution is 2.27. The first-order valence-electron chi connectivity index (χ1n) is 9.98. The molecule has 3 aromatic heterocycles. The molecule has 0 spiro atoms. The van der Waals surface area contributed by atoms with Gasteiger partial charge in [0.05, 0.1) is 17.0 Å². The Hall–Kier alpha value is -3.09. The summed E-state index contributed by atoms with van der Waals surface area (Å²) in [5.74, 6) is 1.14. The van der Waals surface area contributed by atoms with Crippen LogP contribution >= 0.6 is 0 Å².